The fourth-order valence-corrected chi connectivity index (χ4v) is 15.8. The highest BCUT2D eigenvalue weighted by Gasteiger charge is 2.50. The number of furan rings is 2. The summed E-state index contributed by atoms with van der Waals surface area (Å²) in [5.41, 5.74) is 27.7. The minimum Gasteiger partial charge on any atom is -0.454 e. The third-order valence-corrected chi connectivity index (χ3v) is 21.0. The molecular weight excluding hydrogens is 1060 g/mol. The Morgan fingerprint density at radius 1 is 0.437 bits per heavy atom. The molecule has 10 aromatic carbocycles. The van der Waals surface area contributed by atoms with E-state index in [0.717, 1.165) is 115 Å². The molecule has 6 heteroatoms. The molecule has 2 aliphatic heterocycles. The molecule has 16 rings (SSSR count). The van der Waals surface area contributed by atoms with Crippen molar-refractivity contribution in [3.8, 4) is 22.3 Å². The highest BCUT2D eigenvalue weighted by molar-refractivity contribution is 6.94. The summed E-state index contributed by atoms with van der Waals surface area (Å²) in [6.45, 7) is 28.5. The molecule has 2 aromatic heterocycles. The molecule has 4 aliphatic rings. The van der Waals surface area contributed by atoms with E-state index < -0.39 is 0 Å². The number of nitrogens with zero attached hydrogens (tertiary/aromatic N) is 3. The van der Waals surface area contributed by atoms with Gasteiger partial charge >= 0.3 is 6.85 Å². The molecule has 87 heavy (non-hydrogen) atoms. The maximum atomic E-state index is 7.49. The average Bonchev–Trinajstić information content (AvgIpc) is 1.78. The lowest BCUT2D eigenvalue weighted by Gasteiger charge is -2.47. The first-order valence-electron chi connectivity index (χ1n) is 31.7. The van der Waals surface area contributed by atoms with Gasteiger partial charge in [-0.25, -0.2) is 0 Å². The predicted octanol–water partition coefficient (Wildman–Crippen LogP) is 21.6. The minimum absolute atomic E-state index is 0.0137. The Kier molecular flexibility index (Phi) is 11.5. The second-order valence-electron chi connectivity index (χ2n) is 29.4. The topological polar surface area (TPSA) is 36.0 Å². The molecule has 0 saturated carbocycles. The zero-order valence-corrected chi connectivity index (χ0v) is 52.5. The van der Waals surface area contributed by atoms with Crippen LogP contribution >= 0.6 is 0 Å². The molecule has 0 N–H and O–H groups in total. The van der Waals surface area contributed by atoms with Crippen LogP contribution in [0.2, 0.25) is 0 Å². The Morgan fingerprint density at radius 3 is 1.62 bits per heavy atom. The molecular formula is C81H76BN3O2. The van der Waals surface area contributed by atoms with Gasteiger partial charge in [-0.2, -0.15) is 0 Å². The third kappa shape index (κ3) is 8.11. The molecule has 5 nitrogen and oxygen atoms in total. The van der Waals surface area contributed by atoms with E-state index in [1.807, 2.05) is 0 Å². The van der Waals surface area contributed by atoms with Gasteiger partial charge in [0.1, 0.15) is 11.2 Å². The number of hydrogen-bond donors (Lipinski definition) is 0. The van der Waals surface area contributed by atoms with E-state index >= 15 is 0 Å². The molecule has 0 bridgehead atoms. The summed E-state index contributed by atoms with van der Waals surface area (Å²) < 4.78 is 14.8. The lowest BCUT2D eigenvalue weighted by Crippen LogP contribution is -2.61. The van der Waals surface area contributed by atoms with Crippen LogP contribution in [0.5, 0.6) is 0 Å². The first-order valence-corrected chi connectivity index (χ1v) is 31.7. The number of anilines is 8. The summed E-state index contributed by atoms with van der Waals surface area (Å²) in [6, 6.07) is 73.5. The molecule has 0 amide bonds. The van der Waals surface area contributed by atoms with Gasteiger partial charge in [0.2, 0.25) is 0 Å². The number of benzene rings is 10. The summed E-state index contributed by atoms with van der Waals surface area (Å²) >= 11 is 0. The van der Waals surface area contributed by atoms with Crippen LogP contribution < -0.4 is 25.5 Å². The van der Waals surface area contributed by atoms with Gasteiger partial charge in [0.15, 0.2) is 11.2 Å². The molecule has 0 unspecified atom stereocenters. The van der Waals surface area contributed by atoms with Crippen LogP contribution in [0, 0.1) is 6.92 Å². The number of aryl methyl sites for hydroxylation is 1. The van der Waals surface area contributed by atoms with Gasteiger partial charge in [-0.05, 0) is 200 Å². The van der Waals surface area contributed by atoms with Crippen LogP contribution in [0.4, 0.5) is 45.5 Å². The van der Waals surface area contributed by atoms with Crippen molar-refractivity contribution in [1.29, 1.82) is 0 Å². The number of hydrogen-bond acceptors (Lipinski definition) is 5. The minimum atomic E-state index is -0.324. The molecule has 0 spiro atoms. The van der Waals surface area contributed by atoms with E-state index in [2.05, 4.69) is 292 Å². The fourth-order valence-electron chi connectivity index (χ4n) is 15.8. The first kappa shape index (κ1) is 53.7. The van der Waals surface area contributed by atoms with E-state index in [1.54, 1.807) is 0 Å². The van der Waals surface area contributed by atoms with Gasteiger partial charge in [-0.3, -0.25) is 0 Å². The van der Waals surface area contributed by atoms with E-state index in [0.29, 0.717) is 0 Å². The quantitative estimate of drug-likeness (QED) is 0.155. The zero-order chi connectivity index (χ0) is 59.8. The molecule has 0 atom stereocenters. The Balaban J connectivity index is 1.05. The summed E-state index contributed by atoms with van der Waals surface area (Å²) in [6.07, 6.45) is 4.50. The van der Waals surface area contributed by atoms with Crippen LogP contribution in [0.15, 0.2) is 203 Å². The van der Waals surface area contributed by atoms with Crippen LogP contribution in [-0.2, 0) is 27.1 Å². The third-order valence-electron chi connectivity index (χ3n) is 21.0. The standard InChI is InChI=1S/C81H76BN3O2/c1-49-44-64-66(81(11,12)43-42-79(64,7)8)48-68(49)84-69-46-55(83(54-32-28-52(29-33-54)77(2,3)4)53-30-26-51(27-31-53)50-20-14-13-15-21-50)35-39-67(69)82-72-61(47-62-58-23-17-19-25-71(58)87-76(62)74(72)84)59-36-37-60-57-22-16-18-24-70(57)86-75(60)73(59)85(82)56-34-38-63-65(45-56)80(9,10)41-40-78(63,5)6/h13-39,44-48H,40-43H2,1-12H3. The molecule has 0 fully saturated rings. The number of para-hydroxylation sites is 2. The molecule has 2 aliphatic carbocycles. The van der Waals surface area contributed by atoms with Gasteiger partial charge in [0, 0.05) is 61.2 Å². The molecule has 12 aromatic rings. The maximum absolute atomic E-state index is 7.49. The smallest absolute Gasteiger partial charge is 0.333 e. The Labute approximate surface area is 513 Å². The van der Waals surface area contributed by atoms with Gasteiger partial charge in [0.05, 0.1) is 11.4 Å². The van der Waals surface area contributed by atoms with Gasteiger partial charge < -0.3 is 23.4 Å². The van der Waals surface area contributed by atoms with E-state index in [4.69, 9.17) is 8.83 Å². The molecule has 0 radical (unpaired) electrons. The van der Waals surface area contributed by atoms with Crippen LogP contribution in [0.25, 0.3) is 66.1 Å². The maximum Gasteiger partial charge on any atom is 0.333 e. The lowest BCUT2D eigenvalue weighted by molar-refractivity contribution is 0.332. The van der Waals surface area contributed by atoms with Crippen molar-refractivity contribution < 1.29 is 8.83 Å². The van der Waals surface area contributed by atoms with Crippen molar-refractivity contribution in [1.82, 2.24) is 0 Å². The van der Waals surface area contributed by atoms with Crippen molar-refractivity contribution in [3.63, 3.8) is 0 Å². The van der Waals surface area contributed by atoms with Crippen molar-refractivity contribution in [3.05, 3.63) is 228 Å². The van der Waals surface area contributed by atoms with E-state index in [9.17, 15) is 0 Å². The SMILES string of the molecule is Cc1cc2c(cc1N1c3cc(N(c4ccc(-c5ccccc5)cc4)c4ccc(C(C)(C)C)cc4)ccc3B3c4c(cc5c(oc6ccccc65)c41)-c1ccc4c(oc5ccccc54)c1N3c1ccc3c(c1)C(C)(C)CCC3(C)C)C(C)(C)CCC2(C)C. The predicted molar refractivity (Wildman–Crippen MR) is 369 cm³/mol. The summed E-state index contributed by atoms with van der Waals surface area (Å²) in [4.78, 5) is 7.80. The van der Waals surface area contributed by atoms with Crippen molar-refractivity contribution in [2.45, 2.75) is 136 Å². The Hall–Kier alpha value is -8.74. The summed E-state index contributed by atoms with van der Waals surface area (Å²) in [7, 11) is 0. The summed E-state index contributed by atoms with van der Waals surface area (Å²) in [5.74, 6) is 0. The lowest BCUT2D eigenvalue weighted by atomic mass is 9.43. The Bertz CT molecular complexity index is 4820. The number of rotatable bonds is 6. The van der Waals surface area contributed by atoms with Crippen molar-refractivity contribution >= 4 is 107 Å². The highest BCUT2D eigenvalue weighted by Crippen LogP contribution is 2.57. The van der Waals surface area contributed by atoms with Crippen LogP contribution in [-0.4, -0.2) is 6.85 Å². The fraction of sp³-hybridized carbons (Fsp3) is 0.259. The molecule has 430 valence electrons. The van der Waals surface area contributed by atoms with Gasteiger partial charge in [-0.15, -0.1) is 0 Å². The monoisotopic (exact) mass is 1130 g/mol. The molecule has 0 saturated heterocycles. The Morgan fingerprint density at radius 2 is 0.977 bits per heavy atom. The summed E-state index contributed by atoms with van der Waals surface area (Å²) in [5, 5.41) is 4.43. The van der Waals surface area contributed by atoms with Crippen molar-refractivity contribution in [2.75, 3.05) is 14.6 Å². The van der Waals surface area contributed by atoms with Crippen LogP contribution in [0.1, 0.15) is 135 Å². The first-order chi connectivity index (χ1) is 41.6. The van der Waals surface area contributed by atoms with Gasteiger partial charge in [0.25, 0.3) is 0 Å². The van der Waals surface area contributed by atoms with Gasteiger partial charge in [-0.1, -0.05) is 191 Å². The second-order valence-corrected chi connectivity index (χ2v) is 29.4. The van der Waals surface area contributed by atoms with Crippen molar-refractivity contribution in [2.24, 2.45) is 0 Å². The van der Waals surface area contributed by atoms with E-state index in [-0.39, 0.29) is 33.9 Å². The average molecular weight is 1130 g/mol. The normalized spacial score (nSPS) is 16.9. The zero-order valence-electron chi connectivity index (χ0n) is 52.5. The van der Waals surface area contributed by atoms with E-state index in [1.165, 1.54) is 66.7 Å². The highest BCUT2D eigenvalue weighted by atomic mass is 16.3. The second kappa shape index (κ2) is 18.6. The molecule has 4 heterocycles. The number of fused-ring (bicyclic) bond motifs is 14. The largest absolute Gasteiger partial charge is 0.454 e. The van der Waals surface area contributed by atoms with Crippen LogP contribution in [0.3, 0.4) is 0 Å².